The molecule has 3 heteroatoms. The van der Waals surface area contributed by atoms with Gasteiger partial charge in [-0.3, -0.25) is 0 Å². The lowest BCUT2D eigenvalue weighted by Crippen LogP contribution is -2.07. The van der Waals surface area contributed by atoms with Gasteiger partial charge < -0.3 is 0 Å². The van der Waals surface area contributed by atoms with Crippen molar-refractivity contribution in [2.45, 2.75) is 12.8 Å². The largest absolute Gasteiger partial charge is 0.271 e. The molecule has 1 aromatic rings. The van der Waals surface area contributed by atoms with Crippen LogP contribution in [0.4, 0.5) is 8.78 Å². The second-order valence-electron chi connectivity index (χ2n) is 2.29. The Labute approximate surface area is 68.8 Å². The molecule has 1 rings (SSSR count). The van der Waals surface area contributed by atoms with Crippen LogP contribution in [0.5, 0.6) is 0 Å². The third kappa shape index (κ3) is 1.90. The van der Waals surface area contributed by atoms with Gasteiger partial charge in [-0.2, -0.15) is 0 Å². The highest BCUT2D eigenvalue weighted by atomic mass is 35.5. The molecule has 0 spiro atoms. The zero-order valence-corrected chi connectivity index (χ0v) is 6.62. The lowest BCUT2D eigenvalue weighted by molar-refractivity contribution is 0.0176. The lowest BCUT2D eigenvalue weighted by atomic mass is 10.1. The van der Waals surface area contributed by atoms with Gasteiger partial charge in [-0.05, 0) is 18.2 Å². The Kier molecular flexibility index (Phi) is 2.14. The van der Waals surface area contributed by atoms with E-state index in [1.165, 1.54) is 18.2 Å². The van der Waals surface area contributed by atoms with E-state index in [1.807, 2.05) is 0 Å². The summed E-state index contributed by atoms with van der Waals surface area (Å²) in [7, 11) is 0. The summed E-state index contributed by atoms with van der Waals surface area (Å²) in [6.07, 6.45) is 0. The van der Waals surface area contributed by atoms with Gasteiger partial charge in [0, 0.05) is 17.5 Å². The van der Waals surface area contributed by atoms with Crippen LogP contribution in [0.1, 0.15) is 12.5 Å². The third-order valence-corrected chi connectivity index (χ3v) is 1.61. The molecule has 0 aliphatic carbocycles. The molecule has 0 aliphatic rings. The monoisotopic (exact) mass is 175 g/mol. The fourth-order valence-electron chi connectivity index (χ4n) is 0.748. The Balaban J connectivity index is 3.14. The van der Waals surface area contributed by atoms with Crippen molar-refractivity contribution in [1.82, 2.24) is 0 Å². The molecule has 0 unspecified atom stereocenters. The normalized spacial score (nSPS) is 11.6. The van der Waals surface area contributed by atoms with Gasteiger partial charge in [0.05, 0.1) is 0 Å². The minimum atomic E-state index is -2.88. The average molecular weight is 176 g/mol. The first kappa shape index (κ1) is 8.47. The Bertz CT molecular complexity index is 253. The highest BCUT2D eigenvalue weighted by molar-refractivity contribution is 6.31. The van der Waals surface area contributed by atoms with Gasteiger partial charge >= 0.3 is 0 Å². The molecule has 1 radical (unpaired) electrons. The SMILES string of the molecule is CC(F)(F)c1c[c]ccc1Cl. The van der Waals surface area contributed by atoms with E-state index in [1.54, 1.807) is 0 Å². The van der Waals surface area contributed by atoms with Crippen molar-refractivity contribution >= 4 is 11.6 Å². The minimum Gasteiger partial charge on any atom is -0.202 e. The van der Waals surface area contributed by atoms with Crippen LogP contribution in [0.25, 0.3) is 0 Å². The van der Waals surface area contributed by atoms with E-state index in [0.717, 1.165) is 6.92 Å². The van der Waals surface area contributed by atoms with E-state index >= 15 is 0 Å². The zero-order valence-electron chi connectivity index (χ0n) is 5.87. The second-order valence-corrected chi connectivity index (χ2v) is 2.70. The molecular formula is C8H6ClF2. The van der Waals surface area contributed by atoms with Crippen molar-refractivity contribution in [2.24, 2.45) is 0 Å². The van der Waals surface area contributed by atoms with Crippen LogP contribution < -0.4 is 0 Å². The molecular weight excluding hydrogens is 170 g/mol. The zero-order chi connectivity index (χ0) is 8.48. The van der Waals surface area contributed by atoms with Gasteiger partial charge in [-0.15, -0.1) is 0 Å². The highest BCUT2D eigenvalue weighted by Gasteiger charge is 2.26. The molecule has 0 amide bonds. The molecule has 11 heavy (non-hydrogen) atoms. The van der Waals surface area contributed by atoms with Crippen LogP contribution in [-0.4, -0.2) is 0 Å². The molecule has 0 saturated heterocycles. The van der Waals surface area contributed by atoms with Gasteiger partial charge in [-0.1, -0.05) is 17.7 Å². The summed E-state index contributed by atoms with van der Waals surface area (Å²) < 4.78 is 25.2. The molecule has 0 aliphatic heterocycles. The van der Waals surface area contributed by atoms with E-state index in [2.05, 4.69) is 6.07 Å². The first-order chi connectivity index (χ1) is 5.02. The van der Waals surface area contributed by atoms with Gasteiger partial charge in [0.15, 0.2) is 0 Å². The van der Waals surface area contributed by atoms with Gasteiger partial charge in [0.25, 0.3) is 5.92 Å². The quantitative estimate of drug-likeness (QED) is 0.615. The summed E-state index contributed by atoms with van der Waals surface area (Å²) >= 11 is 5.51. The molecule has 0 nitrogen and oxygen atoms in total. The fourth-order valence-corrected chi connectivity index (χ4v) is 1.03. The smallest absolute Gasteiger partial charge is 0.202 e. The van der Waals surface area contributed by atoms with E-state index in [0.29, 0.717) is 0 Å². The summed E-state index contributed by atoms with van der Waals surface area (Å²) in [5.41, 5.74) is -0.179. The maximum Gasteiger partial charge on any atom is 0.271 e. The van der Waals surface area contributed by atoms with Gasteiger partial charge in [-0.25, -0.2) is 8.78 Å². The van der Waals surface area contributed by atoms with Crippen LogP contribution in [0.3, 0.4) is 0 Å². The van der Waals surface area contributed by atoms with Crippen molar-refractivity contribution in [3.63, 3.8) is 0 Å². The molecule has 0 fully saturated rings. The van der Waals surface area contributed by atoms with Crippen LogP contribution in [0.2, 0.25) is 5.02 Å². The number of halogens is 3. The number of benzene rings is 1. The Morgan fingerprint density at radius 3 is 2.55 bits per heavy atom. The van der Waals surface area contributed by atoms with Crippen molar-refractivity contribution in [1.29, 1.82) is 0 Å². The molecule has 1 aromatic carbocycles. The molecule has 0 atom stereocenters. The molecule has 0 aromatic heterocycles. The summed E-state index contributed by atoms with van der Waals surface area (Å²) in [5.74, 6) is -2.88. The minimum absolute atomic E-state index is 0.0799. The Morgan fingerprint density at radius 1 is 1.55 bits per heavy atom. The molecule has 0 saturated carbocycles. The summed E-state index contributed by atoms with van der Waals surface area (Å²) in [6, 6.07) is 6.64. The van der Waals surface area contributed by atoms with Crippen molar-refractivity contribution in [3.8, 4) is 0 Å². The van der Waals surface area contributed by atoms with E-state index < -0.39 is 5.92 Å². The standard InChI is InChI=1S/C8H6ClF2/c1-8(10,11)6-4-2-3-5-7(6)9/h3-5H,1H3. The highest BCUT2D eigenvalue weighted by Crippen LogP contribution is 2.31. The maximum atomic E-state index is 12.6. The van der Waals surface area contributed by atoms with Crippen molar-refractivity contribution < 1.29 is 8.78 Å². The predicted octanol–water partition coefficient (Wildman–Crippen LogP) is 3.25. The van der Waals surface area contributed by atoms with E-state index in [4.69, 9.17) is 11.6 Å². The van der Waals surface area contributed by atoms with Crippen molar-refractivity contribution in [2.75, 3.05) is 0 Å². The fraction of sp³-hybridized carbons (Fsp3) is 0.250. The lowest BCUT2D eigenvalue weighted by Gasteiger charge is -2.10. The van der Waals surface area contributed by atoms with Crippen LogP contribution in [-0.2, 0) is 5.92 Å². The topological polar surface area (TPSA) is 0 Å². The maximum absolute atomic E-state index is 12.6. The number of hydrogen-bond acceptors (Lipinski definition) is 0. The predicted molar refractivity (Wildman–Crippen MR) is 39.9 cm³/mol. The molecule has 59 valence electrons. The average Bonchev–Trinajstić information content (AvgIpc) is 1.86. The summed E-state index contributed by atoms with van der Waals surface area (Å²) in [5, 5.41) is 0.0799. The third-order valence-electron chi connectivity index (χ3n) is 1.28. The second kappa shape index (κ2) is 2.78. The van der Waals surface area contributed by atoms with E-state index in [9.17, 15) is 8.78 Å². The van der Waals surface area contributed by atoms with Gasteiger partial charge in [0.2, 0.25) is 0 Å². The van der Waals surface area contributed by atoms with Gasteiger partial charge in [0.1, 0.15) is 0 Å². The summed E-state index contributed by atoms with van der Waals surface area (Å²) in [6.45, 7) is 0.808. The van der Waals surface area contributed by atoms with Crippen LogP contribution in [0.15, 0.2) is 18.2 Å². The van der Waals surface area contributed by atoms with Crippen LogP contribution >= 0.6 is 11.6 Å². The first-order valence-electron chi connectivity index (χ1n) is 3.05. The first-order valence-corrected chi connectivity index (χ1v) is 3.43. The molecule has 0 N–H and O–H groups in total. The van der Waals surface area contributed by atoms with E-state index in [-0.39, 0.29) is 10.6 Å². The molecule has 0 heterocycles. The number of alkyl halides is 2. The Hall–Kier alpha value is -0.630. The van der Waals surface area contributed by atoms with Crippen molar-refractivity contribution in [3.05, 3.63) is 34.9 Å². The molecule has 0 bridgehead atoms. The summed E-state index contributed by atoms with van der Waals surface area (Å²) in [4.78, 5) is 0. The van der Waals surface area contributed by atoms with Crippen LogP contribution in [0, 0.1) is 6.07 Å². The number of hydrogen-bond donors (Lipinski definition) is 0. The Morgan fingerprint density at radius 2 is 2.18 bits per heavy atom. The number of rotatable bonds is 1.